The number of methoxy groups -OCH3 is 1. The number of benzene rings is 1. The molecule has 1 rings (SSSR count). The first-order valence-electron chi connectivity index (χ1n) is 6.28. The summed E-state index contributed by atoms with van der Waals surface area (Å²) >= 11 is 0. The zero-order chi connectivity index (χ0) is 13.9. The van der Waals surface area contributed by atoms with Crippen molar-refractivity contribution >= 4 is 5.69 Å². The molecule has 102 valence electrons. The number of nitrogens with zero attached hydrogens (tertiary/aromatic N) is 1. The number of hydrogen-bond acceptors (Lipinski definition) is 3. The Morgan fingerprint density at radius 3 is 2.33 bits per heavy atom. The molecule has 0 aliphatic carbocycles. The first-order chi connectivity index (χ1) is 8.30. The Labute approximate surface area is 110 Å². The van der Waals surface area contributed by atoms with Gasteiger partial charge < -0.3 is 14.7 Å². The lowest BCUT2D eigenvalue weighted by atomic mass is 9.93. The topological polar surface area (TPSA) is 32.7 Å². The molecule has 1 N–H and O–H groups in total. The lowest BCUT2D eigenvalue weighted by Crippen LogP contribution is -2.34. The van der Waals surface area contributed by atoms with Crippen LogP contribution < -0.4 is 9.64 Å². The van der Waals surface area contributed by atoms with Gasteiger partial charge in [-0.15, -0.1) is 0 Å². The summed E-state index contributed by atoms with van der Waals surface area (Å²) in [6.07, 6.45) is 0. The Balaban J connectivity index is 2.99. The molecule has 3 nitrogen and oxygen atoms in total. The second kappa shape index (κ2) is 5.61. The van der Waals surface area contributed by atoms with Crippen molar-refractivity contribution in [3.63, 3.8) is 0 Å². The van der Waals surface area contributed by atoms with Crippen LogP contribution in [-0.2, 0) is 0 Å². The average molecular weight is 251 g/mol. The van der Waals surface area contributed by atoms with Gasteiger partial charge in [0.25, 0.3) is 0 Å². The number of hydrogen-bond donors (Lipinski definition) is 1. The lowest BCUT2D eigenvalue weighted by Gasteiger charge is -2.31. The van der Waals surface area contributed by atoms with Gasteiger partial charge >= 0.3 is 0 Å². The van der Waals surface area contributed by atoms with E-state index >= 15 is 0 Å². The van der Waals surface area contributed by atoms with Crippen molar-refractivity contribution in [3.05, 3.63) is 23.3 Å². The molecule has 1 aromatic rings. The molecule has 0 radical (unpaired) electrons. The fraction of sp³-hybridized carbons (Fsp3) is 0.600. The highest BCUT2D eigenvalue weighted by molar-refractivity contribution is 5.58. The third-order valence-corrected chi connectivity index (χ3v) is 3.22. The van der Waals surface area contributed by atoms with Gasteiger partial charge in [-0.05, 0) is 37.1 Å². The standard InChI is InChI=1S/C15H25NO2/c1-11-8-14(18-6)12(2)7-13(11)16(5)9-15(3,4)10-17/h7-8,17H,9-10H2,1-6H3. The molecule has 0 unspecified atom stereocenters. The molecule has 0 heterocycles. The molecular formula is C15H25NO2. The smallest absolute Gasteiger partial charge is 0.122 e. The van der Waals surface area contributed by atoms with E-state index in [1.54, 1.807) is 7.11 Å². The molecule has 0 aliphatic heterocycles. The normalized spacial score (nSPS) is 11.5. The van der Waals surface area contributed by atoms with Crippen LogP contribution in [0.1, 0.15) is 25.0 Å². The molecule has 0 atom stereocenters. The van der Waals surface area contributed by atoms with Crippen LogP contribution in [0.25, 0.3) is 0 Å². The molecule has 0 saturated carbocycles. The Morgan fingerprint density at radius 2 is 1.83 bits per heavy atom. The summed E-state index contributed by atoms with van der Waals surface area (Å²) in [7, 11) is 3.76. The first kappa shape index (κ1) is 14.8. The molecule has 18 heavy (non-hydrogen) atoms. The van der Waals surface area contributed by atoms with E-state index in [4.69, 9.17) is 4.74 Å². The van der Waals surface area contributed by atoms with Gasteiger partial charge in [0.05, 0.1) is 7.11 Å². The van der Waals surface area contributed by atoms with Crippen LogP contribution in [-0.4, -0.2) is 32.4 Å². The molecule has 1 aromatic carbocycles. The molecule has 0 amide bonds. The SMILES string of the molecule is COc1cc(C)c(N(C)CC(C)(C)CO)cc1C. The number of aryl methyl sites for hydroxylation is 2. The van der Waals surface area contributed by atoms with Gasteiger partial charge in [-0.1, -0.05) is 13.8 Å². The Bertz CT molecular complexity index is 413. The minimum absolute atomic E-state index is 0.102. The summed E-state index contributed by atoms with van der Waals surface area (Å²) in [5, 5.41) is 9.35. The molecule has 0 saturated heterocycles. The highest BCUT2D eigenvalue weighted by Gasteiger charge is 2.20. The predicted octanol–water partition coefficient (Wildman–Crippen LogP) is 2.77. The number of rotatable bonds is 5. The Morgan fingerprint density at radius 1 is 1.22 bits per heavy atom. The third-order valence-electron chi connectivity index (χ3n) is 3.22. The van der Waals surface area contributed by atoms with Gasteiger partial charge in [0.2, 0.25) is 0 Å². The van der Waals surface area contributed by atoms with Crippen molar-refractivity contribution in [1.82, 2.24) is 0 Å². The number of ether oxygens (including phenoxy) is 1. The van der Waals surface area contributed by atoms with Crippen molar-refractivity contribution in [3.8, 4) is 5.75 Å². The van der Waals surface area contributed by atoms with Gasteiger partial charge in [-0.25, -0.2) is 0 Å². The maximum Gasteiger partial charge on any atom is 0.122 e. The monoisotopic (exact) mass is 251 g/mol. The average Bonchev–Trinajstić information content (AvgIpc) is 2.30. The Kier molecular flexibility index (Phi) is 4.63. The van der Waals surface area contributed by atoms with Gasteiger partial charge in [0.15, 0.2) is 0 Å². The summed E-state index contributed by atoms with van der Waals surface area (Å²) < 4.78 is 5.32. The molecule has 0 bridgehead atoms. The van der Waals surface area contributed by atoms with E-state index in [0.717, 1.165) is 17.9 Å². The van der Waals surface area contributed by atoms with E-state index in [1.807, 2.05) is 6.92 Å². The number of aliphatic hydroxyl groups is 1. The third kappa shape index (κ3) is 3.39. The molecule has 0 fully saturated rings. The van der Waals surface area contributed by atoms with Crippen molar-refractivity contribution in [2.45, 2.75) is 27.7 Å². The summed E-state index contributed by atoms with van der Waals surface area (Å²) in [5.74, 6) is 0.922. The fourth-order valence-electron chi connectivity index (χ4n) is 2.18. The number of anilines is 1. The second-order valence-corrected chi connectivity index (χ2v) is 5.79. The van der Waals surface area contributed by atoms with Gasteiger partial charge in [0.1, 0.15) is 5.75 Å². The van der Waals surface area contributed by atoms with Crippen LogP contribution in [0, 0.1) is 19.3 Å². The maximum atomic E-state index is 9.35. The zero-order valence-electron chi connectivity index (χ0n) is 12.4. The molecule has 0 aromatic heterocycles. The zero-order valence-corrected chi connectivity index (χ0v) is 12.4. The largest absolute Gasteiger partial charge is 0.496 e. The highest BCUT2D eigenvalue weighted by atomic mass is 16.5. The summed E-state index contributed by atoms with van der Waals surface area (Å²) in [6.45, 7) is 9.26. The minimum atomic E-state index is -0.102. The van der Waals surface area contributed by atoms with E-state index < -0.39 is 0 Å². The van der Waals surface area contributed by atoms with Crippen LogP contribution >= 0.6 is 0 Å². The highest BCUT2D eigenvalue weighted by Crippen LogP contribution is 2.29. The molecule has 0 aliphatic rings. The van der Waals surface area contributed by atoms with Crippen molar-refractivity contribution in [2.75, 3.05) is 32.2 Å². The van der Waals surface area contributed by atoms with Crippen LogP contribution in [0.2, 0.25) is 0 Å². The van der Waals surface area contributed by atoms with E-state index in [0.29, 0.717) is 0 Å². The first-order valence-corrected chi connectivity index (χ1v) is 6.28. The van der Waals surface area contributed by atoms with E-state index in [-0.39, 0.29) is 12.0 Å². The Hall–Kier alpha value is -1.22. The van der Waals surface area contributed by atoms with Crippen molar-refractivity contribution < 1.29 is 9.84 Å². The quantitative estimate of drug-likeness (QED) is 0.873. The van der Waals surface area contributed by atoms with E-state index in [9.17, 15) is 5.11 Å². The van der Waals surface area contributed by atoms with Crippen molar-refractivity contribution in [2.24, 2.45) is 5.41 Å². The summed E-state index contributed by atoms with van der Waals surface area (Å²) in [6, 6.07) is 4.20. The predicted molar refractivity (Wildman–Crippen MR) is 76.6 cm³/mol. The minimum Gasteiger partial charge on any atom is -0.496 e. The van der Waals surface area contributed by atoms with Gasteiger partial charge in [-0.2, -0.15) is 0 Å². The van der Waals surface area contributed by atoms with Gasteiger partial charge in [0, 0.05) is 31.3 Å². The van der Waals surface area contributed by atoms with E-state index in [2.05, 4.69) is 44.9 Å². The van der Waals surface area contributed by atoms with Crippen LogP contribution in [0.5, 0.6) is 5.75 Å². The maximum absolute atomic E-state index is 9.35. The summed E-state index contributed by atoms with van der Waals surface area (Å²) in [5.41, 5.74) is 3.41. The van der Waals surface area contributed by atoms with Gasteiger partial charge in [-0.3, -0.25) is 0 Å². The van der Waals surface area contributed by atoms with Crippen molar-refractivity contribution in [1.29, 1.82) is 0 Å². The van der Waals surface area contributed by atoms with Crippen LogP contribution in [0.15, 0.2) is 12.1 Å². The molecule has 3 heteroatoms. The fourth-order valence-corrected chi connectivity index (χ4v) is 2.18. The molecular weight excluding hydrogens is 226 g/mol. The summed E-state index contributed by atoms with van der Waals surface area (Å²) in [4.78, 5) is 2.19. The number of aliphatic hydroxyl groups excluding tert-OH is 1. The molecule has 0 spiro atoms. The van der Waals surface area contributed by atoms with Crippen LogP contribution in [0.3, 0.4) is 0 Å². The van der Waals surface area contributed by atoms with E-state index in [1.165, 1.54) is 11.3 Å². The lowest BCUT2D eigenvalue weighted by molar-refractivity contribution is 0.165. The second-order valence-electron chi connectivity index (χ2n) is 5.79. The van der Waals surface area contributed by atoms with Crippen LogP contribution in [0.4, 0.5) is 5.69 Å².